The monoisotopic (exact) mass is 728 g/mol. The molecule has 0 atom stereocenters. The summed E-state index contributed by atoms with van der Waals surface area (Å²) in [6.45, 7) is 4.33. The fourth-order valence-electron chi connectivity index (χ4n) is 5.91. The minimum absolute atomic E-state index is 0.0626. The van der Waals surface area contributed by atoms with E-state index >= 15 is 0 Å². The first-order valence-corrected chi connectivity index (χ1v) is 17.3. The van der Waals surface area contributed by atoms with Crippen molar-refractivity contribution < 1.29 is 14.3 Å². The highest BCUT2D eigenvalue weighted by atomic mass is 79.9. The van der Waals surface area contributed by atoms with Gasteiger partial charge in [-0.2, -0.15) is 5.26 Å². The predicted molar refractivity (Wildman–Crippen MR) is 193 cm³/mol. The van der Waals surface area contributed by atoms with Crippen molar-refractivity contribution in [3.8, 4) is 17.6 Å². The second-order valence-corrected chi connectivity index (χ2v) is 13.5. The molecule has 3 heterocycles. The van der Waals surface area contributed by atoms with E-state index in [-0.39, 0.29) is 18.6 Å². The molecule has 9 nitrogen and oxygen atoms in total. The molecule has 2 aliphatic rings. The summed E-state index contributed by atoms with van der Waals surface area (Å²) in [6.07, 6.45) is 6.91. The molecule has 2 fully saturated rings. The SMILES string of the molecule is CN1CCC(Oc2cc3ncc(C#N)c(Nc4ccc(OCc5ccc(Br)cc5)c(Cl)c4)c3cc2CNC(=O)C=C2CCNCC2)CC1. The van der Waals surface area contributed by atoms with Gasteiger partial charge in [0, 0.05) is 59.1 Å². The van der Waals surface area contributed by atoms with Gasteiger partial charge in [-0.25, -0.2) is 0 Å². The number of halogens is 2. The zero-order chi connectivity index (χ0) is 33.5. The number of rotatable bonds is 10. The highest BCUT2D eigenvalue weighted by Crippen LogP contribution is 2.36. The second kappa shape index (κ2) is 15.8. The highest BCUT2D eigenvalue weighted by Gasteiger charge is 2.21. The topological polar surface area (TPSA) is 112 Å². The van der Waals surface area contributed by atoms with Crippen molar-refractivity contribution in [2.45, 2.75) is 44.9 Å². The van der Waals surface area contributed by atoms with Gasteiger partial charge in [0.25, 0.3) is 0 Å². The Morgan fingerprint density at radius 2 is 1.90 bits per heavy atom. The number of ether oxygens (including phenoxy) is 2. The Kier molecular flexibility index (Phi) is 11.1. The molecule has 11 heteroatoms. The molecule has 2 saturated heterocycles. The molecule has 0 radical (unpaired) electrons. The van der Waals surface area contributed by atoms with Crippen LogP contribution in [-0.4, -0.2) is 55.1 Å². The van der Waals surface area contributed by atoms with Crippen LogP contribution in [0.15, 0.2) is 76.9 Å². The van der Waals surface area contributed by atoms with Crippen LogP contribution >= 0.6 is 27.5 Å². The number of nitrogens with one attached hydrogen (secondary N) is 3. The number of carbonyl (C=O) groups excluding carboxylic acids is 1. The third-order valence-corrected chi connectivity index (χ3v) is 9.50. The molecular weight excluding hydrogens is 692 g/mol. The smallest absolute Gasteiger partial charge is 0.244 e. The summed E-state index contributed by atoms with van der Waals surface area (Å²) in [5.74, 6) is 1.11. The van der Waals surface area contributed by atoms with Gasteiger partial charge in [0.15, 0.2) is 0 Å². The lowest BCUT2D eigenvalue weighted by Gasteiger charge is -2.30. The number of amides is 1. The van der Waals surface area contributed by atoms with E-state index in [0.717, 1.165) is 78.4 Å². The van der Waals surface area contributed by atoms with Crippen molar-refractivity contribution in [2.24, 2.45) is 0 Å². The van der Waals surface area contributed by atoms with Crippen LogP contribution in [0.25, 0.3) is 10.9 Å². The van der Waals surface area contributed by atoms with E-state index < -0.39 is 0 Å². The van der Waals surface area contributed by atoms with E-state index in [2.05, 4.69) is 54.9 Å². The fourth-order valence-corrected chi connectivity index (χ4v) is 6.41. The summed E-state index contributed by atoms with van der Waals surface area (Å²) in [6, 6.07) is 19.5. The van der Waals surface area contributed by atoms with Crippen molar-refractivity contribution in [3.05, 3.63) is 98.6 Å². The molecular formula is C37H38BrClN6O3. The van der Waals surface area contributed by atoms with E-state index in [4.69, 9.17) is 21.1 Å². The number of carbonyl (C=O) groups is 1. The molecule has 3 N–H and O–H groups in total. The second-order valence-electron chi connectivity index (χ2n) is 12.2. The quantitative estimate of drug-likeness (QED) is 0.147. The standard InChI is InChI=1S/C37H38BrClN6O3/c1-45-14-10-30(11-15-45)48-35-19-33-31(17-26(35)21-43-36(46)16-24-8-12-41-13-9-24)37(27(20-40)22-42-33)44-29-6-7-34(32(39)18-29)47-23-25-2-4-28(38)5-3-25/h2-7,16-19,22,30,41H,8-15,21,23H2,1H3,(H,42,44)(H,43,46). The average Bonchev–Trinajstić information content (AvgIpc) is 3.09. The van der Waals surface area contributed by atoms with Gasteiger partial charge in [0.1, 0.15) is 30.3 Å². The van der Waals surface area contributed by atoms with Crippen molar-refractivity contribution in [2.75, 3.05) is 38.5 Å². The molecule has 1 aromatic heterocycles. The fraction of sp³-hybridized carbons (Fsp3) is 0.324. The number of fused-ring (bicyclic) bond motifs is 1. The van der Waals surface area contributed by atoms with Gasteiger partial charge in [-0.05, 0) is 87.8 Å². The average molecular weight is 730 g/mol. The summed E-state index contributed by atoms with van der Waals surface area (Å²) in [7, 11) is 2.12. The largest absolute Gasteiger partial charge is 0.490 e. The van der Waals surface area contributed by atoms with Crippen molar-refractivity contribution in [3.63, 3.8) is 0 Å². The van der Waals surface area contributed by atoms with Gasteiger partial charge >= 0.3 is 0 Å². The number of likely N-dealkylation sites (tertiary alicyclic amines) is 1. The summed E-state index contributed by atoms with van der Waals surface area (Å²) >= 11 is 10.1. The molecule has 0 aliphatic carbocycles. The van der Waals surface area contributed by atoms with Crippen molar-refractivity contribution >= 4 is 55.7 Å². The Bertz CT molecular complexity index is 1840. The van der Waals surface area contributed by atoms with Crippen LogP contribution in [0.4, 0.5) is 11.4 Å². The van der Waals surface area contributed by atoms with Crippen LogP contribution < -0.4 is 25.4 Å². The van der Waals surface area contributed by atoms with Crippen LogP contribution in [0.2, 0.25) is 5.02 Å². The maximum absolute atomic E-state index is 12.9. The van der Waals surface area contributed by atoms with E-state index in [9.17, 15) is 10.1 Å². The Hall–Kier alpha value is -4.14. The van der Waals surface area contributed by atoms with Crippen molar-refractivity contribution in [1.29, 1.82) is 5.26 Å². The number of hydrogen-bond donors (Lipinski definition) is 3. The lowest BCUT2D eigenvalue weighted by Crippen LogP contribution is -2.36. The number of benzene rings is 3. The lowest BCUT2D eigenvalue weighted by molar-refractivity contribution is -0.116. The van der Waals surface area contributed by atoms with Crippen LogP contribution in [0.3, 0.4) is 0 Å². The summed E-state index contributed by atoms with van der Waals surface area (Å²) in [4.78, 5) is 19.9. The van der Waals surface area contributed by atoms with Crippen molar-refractivity contribution in [1.82, 2.24) is 20.5 Å². The van der Waals surface area contributed by atoms with E-state index in [1.165, 1.54) is 0 Å². The van der Waals surface area contributed by atoms with Gasteiger partial charge in [0.2, 0.25) is 5.91 Å². The zero-order valence-electron chi connectivity index (χ0n) is 26.8. The Balaban J connectivity index is 1.27. The van der Waals surface area contributed by atoms with Gasteiger partial charge in [-0.15, -0.1) is 0 Å². The molecule has 0 unspecified atom stereocenters. The summed E-state index contributed by atoms with van der Waals surface area (Å²) < 4.78 is 13.6. The molecule has 3 aromatic carbocycles. The first-order valence-electron chi connectivity index (χ1n) is 16.2. The molecule has 0 saturated carbocycles. The predicted octanol–water partition coefficient (Wildman–Crippen LogP) is 7.24. The Labute approximate surface area is 294 Å². The van der Waals surface area contributed by atoms with Crippen LogP contribution in [0.1, 0.15) is 42.4 Å². The number of hydrogen-bond acceptors (Lipinski definition) is 8. The van der Waals surface area contributed by atoms with E-state index in [0.29, 0.717) is 45.6 Å². The number of aromatic nitrogens is 1. The number of piperidine rings is 2. The minimum atomic E-state index is -0.128. The number of nitrogens with zero attached hydrogens (tertiary/aromatic N) is 3. The lowest BCUT2D eigenvalue weighted by atomic mass is 10.0. The van der Waals surface area contributed by atoms with Gasteiger partial charge in [0.05, 0.1) is 21.8 Å². The van der Waals surface area contributed by atoms with Crippen LogP contribution in [-0.2, 0) is 17.9 Å². The number of nitriles is 1. The molecule has 248 valence electrons. The molecule has 1 amide bonds. The Morgan fingerprint density at radius 3 is 2.62 bits per heavy atom. The third kappa shape index (κ3) is 8.65. The van der Waals surface area contributed by atoms with Gasteiger partial charge < -0.3 is 30.3 Å². The molecule has 6 rings (SSSR count). The summed E-state index contributed by atoms with van der Waals surface area (Å²) in [5.41, 5.74) is 5.31. The molecule has 0 spiro atoms. The van der Waals surface area contributed by atoms with Crippen LogP contribution in [0, 0.1) is 11.3 Å². The minimum Gasteiger partial charge on any atom is -0.490 e. The first-order chi connectivity index (χ1) is 23.3. The molecule has 2 aliphatic heterocycles. The summed E-state index contributed by atoms with van der Waals surface area (Å²) in [5, 5.41) is 21.0. The maximum atomic E-state index is 12.9. The Morgan fingerprint density at radius 1 is 1.12 bits per heavy atom. The van der Waals surface area contributed by atoms with E-state index in [1.807, 2.05) is 48.5 Å². The number of pyridine rings is 1. The highest BCUT2D eigenvalue weighted by molar-refractivity contribution is 9.10. The maximum Gasteiger partial charge on any atom is 0.244 e. The number of anilines is 2. The third-order valence-electron chi connectivity index (χ3n) is 8.67. The zero-order valence-corrected chi connectivity index (χ0v) is 29.2. The molecule has 48 heavy (non-hydrogen) atoms. The van der Waals surface area contributed by atoms with Gasteiger partial charge in [-0.1, -0.05) is 45.2 Å². The van der Waals surface area contributed by atoms with Gasteiger partial charge in [-0.3, -0.25) is 9.78 Å². The van der Waals surface area contributed by atoms with Crippen LogP contribution in [0.5, 0.6) is 11.5 Å². The first kappa shape index (κ1) is 33.7. The molecule has 4 aromatic rings. The normalized spacial score (nSPS) is 15.5. The molecule has 0 bridgehead atoms. The van der Waals surface area contributed by atoms with E-state index in [1.54, 1.807) is 18.3 Å².